The van der Waals surface area contributed by atoms with E-state index in [0.29, 0.717) is 22.3 Å². The van der Waals surface area contributed by atoms with Crippen molar-refractivity contribution in [3.8, 4) is 11.3 Å². The molecule has 1 amide bonds. The van der Waals surface area contributed by atoms with Gasteiger partial charge in [-0.05, 0) is 37.8 Å². The van der Waals surface area contributed by atoms with Crippen LogP contribution >= 0.6 is 11.6 Å². The van der Waals surface area contributed by atoms with Crippen LogP contribution < -0.4 is 0 Å². The number of hydrogen-bond acceptors (Lipinski definition) is 2. The van der Waals surface area contributed by atoms with Crippen LogP contribution in [0.3, 0.4) is 0 Å². The Morgan fingerprint density at radius 1 is 1.43 bits per heavy atom. The van der Waals surface area contributed by atoms with Crippen molar-refractivity contribution in [3.05, 3.63) is 41.0 Å². The second kappa shape index (κ2) is 5.53. The minimum atomic E-state index is -0.0276. The molecule has 1 aliphatic rings. The zero-order chi connectivity index (χ0) is 15.0. The predicted octanol–water partition coefficient (Wildman–Crippen LogP) is 3.60. The highest BCUT2D eigenvalue weighted by atomic mass is 35.5. The summed E-state index contributed by atoms with van der Waals surface area (Å²) < 4.78 is 0. The normalized spacial score (nSPS) is 15.8. The van der Waals surface area contributed by atoms with Gasteiger partial charge in [0.15, 0.2) is 0 Å². The maximum Gasteiger partial charge on any atom is 0.271 e. The molecular weight excluding hydrogens is 286 g/mol. The van der Waals surface area contributed by atoms with Crippen LogP contribution in [0.4, 0.5) is 0 Å². The lowest BCUT2D eigenvalue weighted by molar-refractivity contribution is 0.0721. The Kier molecular flexibility index (Phi) is 3.72. The molecule has 110 valence electrons. The Bertz CT molecular complexity index is 663. The van der Waals surface area contributed by atoms with Gasteiger partial charge in [-0.25, -0.2) is 0 Å². The molecule has 1 saturated carbocycles. The molecule has 5 heteroatoms. The first-order valence-corrected chi connectivity index (χ1v) is 7.53. The summed E-state index contributed by atoms with van der Waals surface area (Å²) in [6.45, 7) is 2.10. The van der Waals surface area contributed by atoms with Gasteiger partial charge in [-0.2, -0.15) is 5.10 Å². The third-order valence-electron chi connectivity index (χ3n) is 4.19. The van der Waals surface area contributed by atoms with Crippen molar-refractivity contribution in [1.29, 1.82) is 0 Å². The van der Waals surface area contributed by atoms with Crippen LogP contribution in [0.1, 0.15) is 30.3 Å². The maximum atomic E-state index is 12.5. The van der Waals surface area contributed by atoms with Gasteiger partial charge in [0.25, 0.3) is 5.91 Å². The van der Waals surface area contributed by atoms with E-state index in [9.17, 15) is 4.79 Å². The molecule has 1 aromatic carbocycles. The Hall–Kier alpha value is -1.81. The highest BCUT2D eigenvalue weighted by molar-refractivity contribution is 6.33. The lowest BCUT2D eigenvalue weighted by Gasteiger charge is -2.24. The molecular formula is C16H18ClN3O. The molecule has 0 spiro atoms. The van der Waals surface area contributed by atoms with E-state index in [1.54, 1.807) is 11.0 Å². The number of nitrogens with zero attached hydrogens (tertiary/aromatic N) is 2. The van der Waals surface area contributed by atoms with E-state index in [4.69, 9.17) is 11.6 Å². The molecule has 1 N–H and O–H groups in total. The zero-order valence-electron chi connectivity index (χ0n) is 12.1. The van der Waals surface area contributed by atoms with Gasteiger partial charge in [-0.3, -0.25) is 9.89 Å². The van der Waals surface area contributed by atoms with Crippen LogP contribution in [-0.2, 0) is 0 Å². The van der Waals surface area contributed by atoms with Crippen LogP contribution in [-0.4, -0.2) is 34.1 Å². The Morgan fingerprint density at radius 2 is 2.14 bits per heavy atom. The summed E-state index contributed by atoms with van der Waals surface area (Å²) in [4.78, 5) is 14.3. The van der Waals surface area contributed by atoms with Crippen molar-refractivity contribution in [2.24, 2.45) is 5.92 Å². The second-order valence-corrected chi connectivity index (χ2v) is 6.05. The van der Waals surface area contributed by atoms with Crippen LogP contribution in [0.2, 0.25) is 5.02 Å². The first-order chi connectivity index (χ1) is 10.1. The van der Waals surface area contributed by atoms with E-state index in [1.807, 2.05) is 31.3 Å². The molecule has 1 aliphatic carbocycles. The molecule has 3 rings (SSSR count). The molecule has 21 heavy (non-hydrogen) atoms. The Morgan fingerprint density at radius 3 is 2.81 bits per heavy atom. The van der Waals surface area contributed by atoms with Gasteiger partial charge in [0.1, 0.15) is 5.69 Å². The zero-order valence-corrected chi connectivity index (χ0v) is 12.9. The summed E-state index contributed by atoms with van der Waals surface area (Å²) in [6, 6.07) is 9.51. The number of aromatic amines is 1. The number of rotatable bonds is 4. The number of amides is 1. The van der Waals surface area contributed by atoms with Crippen LogP contribution in [0, 0.1) is 5.92 Å². The van der Waals surface area contributed by atoms with Crippen LogP contribution in [0.15, 0.2) is 30.3 Å². The largest absolute Gasteiger partial charge is 0.337 e. The average Bonchev–Trinajstić information content (AvgIpc) is 3.23. The topological polar surface area (TPSA) is 49.0 Å². The fourth-order valence-electron chi connectivity index (χ4n) is 2.51. The number of halogens is 1. The molecule has 0 saturated heterocycles. The second-order valence-electron chi connectivity index (χ2n) is 5.64. The smallest absolute Gasteiger partial charge is 0.271 e. The molecule has 1 heterocycles. The van der Waals surface area contributed by atoms with E-state index >= 15 is 0 Å². The number of hydrogen-bond donors (Lipinski definition) is 1. The number of H-pyrrole nitrogens is 1. The summed E-state index contributed by atoms with van der Waals surface area (Å²) in [5.41, 5.74) is 2.02. The molecule has 1 fully saturated rings. The molecule has 2 aromatic rings. The molecule has 0 bridgehead atoms. The number of nitrogens with one attached hydrogen (secondary N) is 1. The molecule has 0 unspecified atom stereocenters. The minimum Gasteiger partial charge on any atom is -0.337 e. The fourth-order valence-corrected chi connectivity index (χ4v) is 2.74. The number of carbonyl (C=O) groups excluding carboxylic acids is 1. The van der Waals surface area contributed by atoms with E-state index in [0.717, 1.165) is 5.56 Å². The lowest BCUT2D eigenvalue weighted by atomic mass is 10.1. The average molecular weight is 304 g/mol. The maximum absolute atomic E-state index is 12.5. The summed E-state index contributed by atoms with van der Waals surface area (Å²) >= 11 is 6.16. The number of benzene rings is 1. The van der Waals surface area contributed by atoms with Crippen molar-refractivity contribution in [2.75, 3.05) is 7.05 Å². The summed E-state index contributed by atoms with van der Waals surface area (Å²) in [5.74, 6) is 0.616. The van der Waals surface area contributed by atoms with Crippen LogP contribution in [0.25, 0.3) is 11.3 Å². The quantitative estimate of drug-likeness (QED) is 0.938. The van der Waals surface area contributed by atoms with E-state index in [-0.39, 0.29) is 11.9 Å². The number of carbonyl (C=O) groups is 1. The highest BCUT2D eigenvalue weighted by Crippen LogP contribution is 2.35. The summed E-state index contributed by atoms with van der Waals surface area (Å²) in [6.07, 6.45) is 2.43. The Labute approximate surface area is 129 Å². The van der Waals surface area contributed by atoms with Gasteiger partial charge in [0.05, 0.1) is 10.7 Å². The first kappa shape index (κ1) is 14.1. The third-order valence-corrected chi connectivity index (χ3v) is 4.52. The standard InChI is InChI=1S/C16H18ClN3O/c1-10(11-7-8-11)20(2)16(21)15-9-14(18-19-15)12-5-3-4-6-13(12)17/h3-6,9-11H,7-8H2,1-2H3,(H,18,19)/t10-/m0/s1. The molecule has 0 aliphatic heterocycles. The lowest BCUT2D eigenvalue weighted by Crippen LogP contribution is -2.36. The molecule has 4 nitrogen and oxygen atoms in total. The molecule has 1 aromatic heterocycles. The van der Waals surface area contributed by atoms with Crippen molar-refractivity contribution in [2.45, 2.75) is 25.8 Å². The van der Waals surface area contributed by atoms with Gasteiger partial charge in [-0.1, -0.05) is 29.8 Å². The van der Waals surface area contributed by atoms with Crippen molar-refractivity contribution >= 4 is 17.5 Å². The third kappa shape index (κ3) is 2.81. The van der Waals surface area contributed by atoms with Gasteiger partial charge in [0.2, 0.25) is 0 Å². The summed E-state index contributed by atoms with van der Waals surface area (Å²) in [7, 11) is 1.85. The van der Waals surface area contributed by atoms with Gasteiger partial charge in [0, 0.05) is 18.7 Å². The van der Waals surface area contributed by atoms with Gasteiger partial charge < -0.3 is 4.90 Å². The molecule has 0 radical (unpaired) electrons. The molecule has 1 atom stereocenters. The van der Waals surface area contributed by atoms with Crippen molar-refractivity contribution < 1.29 is 4.79 Å². The van der Waals surface area contributed by atoms with Crippen molar-refractivity contribution in [1.82, 2.24) is 15.1 Å². The van der Waals surface area contributed by atoms with Gasteiger partial charge in [-0.15, -0.1) is 0 Å². The highest BCUT2D eigenvalue weighted by Gasteiger charge is 2.33. The van der Waals surface area contributed by atoms with E-state index in [2.05, 4.69) is 17.1 Å². The number of aromatic nitrogens is 2. The monoisotopic (exact) mass is 303 g/mol. The van der Waals surface area contributed by atoms with E-state index < -0.39 is 0 Å². The summed E-state index contributed by atoms with van der Waals surface area (Å²) in [5, 5.41) is 7.67. The van der Waals surface area contributed by atoms with Crippen LogP contribution in [0.5, 0.6) is 0 Å². The minimum absolute atomic E-state index is 0.0276. The fraction of sp³-hybridized carbons (Fsp3) is 0.375. The van der Waals surface area contributed by atoms with Crippen molar-refractivity contribution in [3.63, 3.8) is 0 Å². The SMILES string of the molecule is C[C@@H](C1CC1)N(C)C(=O)c1cc(-c2ccccc2Cl)n[nH]1. The van der Waals surface area contributed by atoms with E-state index in [1.165, 1.54) is 12.8 Å². The Balaban J connectivity index is 1.81. The van der Waals surface area contributed by atoms with Gasteiger partial charge >= 0.3 is 0 Å². The first-order valence-electron chi connectivity index (χ1n) is 7.15. The predicted molar refractivity (Wildman–Crippen MR) is 83.3 cm³/mol.